The minimum absolute atomic E-state index is 0.0159. The van der Waals surface area contributed by atoms with Gasteiger partial charge in [0.15, 0.2) is 0 Å². The molecule has 4 nitrogen and oxygen atoms in total. The van der Waals surface area contributed by atoms with Gasteiger partial charge in [-0.1, -0.05) is 116 Å². The zero-order valence-electron chi connectivity index (χ0n) is 24.6. The van der Waals surface area contributed by atoms with Crippen molar-refractivity contribution in [3.8, 4) is 11.4 Å². The topological polar surface area (TPSA) is 50.9 Å². The summed E-state index contributed by atoms with van der Waals surface area (Å²) in [6, 6.07) is 20.9. The molecule has 0 amide bonds. The van der Waals surface area contributed by atoms with Gasteiger partial charge < -0.3 is 5.11 Å². The molecule has 0 fully saturated rings. The fourth-order valence-electron chi connectivity index (χ4n) is 5.28. The third kappa shape index (κ3) is 7.05. The van der Waals surface area contributed by atoms with Crippen LogP contribution in [0.3, 0.4) is 0 Å². The summed E-state index contributed by atoms with van der Waals surface area (Å²) in [5, 5.41) is 21.4. The second-order valence-corrected chi connectivity index (χ2v) is 13.3. The van der Waals surface area contributed by atoms with Crippen LogP contribution in [0.1, 0.15) is 104 Å². The first-order chi connectivity index (χ1) is 18.6. The molecule has 39 heavy (non-hydrogen) atoms. The zero-order valence-corrected chi connectivity index (χ0v) is 25.4. The highest BCUT2D eigenvalue weighted by Gasteiger charge is 2.30. The average molecular weight is 544 g/mol. The van der Waals surface area contributed by atoms with E-state index < -0.39 is 0 Å². The number of fused-ring (bicyclic) bond motifs is 1. The molecule has 208 valence electrons. The second kappa shape index (κ2) is 12.6. The van der Waals surface area contributed by atoms with E-state index in [0.29, 0.717) is 11.4 Å². The predicted molar refractivity (Wildman–Crippen MR) is 165 cm³/mol. The molecule has 1 heterocycles. The Labute approximate surface area is 239 Å². The lowest BCUT2D eigenvalue weighted by molar-refractivity contribution is 0.399. The third-order valence-electron chi connectivity index (χ3n) is 7.96. The van der Waals surface area contributed by atoms with Crippen LogP contribution < -0.4 is 0 Å². The Morgan fingerprint density at radius 2 is 1.36 bits per heavy atom. The number of aromatic nitrogens is 3. The monoisotopic (exact) mass is 543 g/mol. The van der Waals surface area contributed by atoms with Crippen LogP contribution in [0.15, 0.2) is 70.5 Å². The average Bonchev–Trinajstić information content (AvgIpc) is 3.32. The van der Waals surface area contributed by atoms with Gasteiger partial charge in [-0.25, -0.2) is 0 Å². The summed E-state index contributed by atoms with van der Waals surface area (Å²) in [5.74, 6) is 0.295. The van der Waals surface area contributed by atoms with Crippen LogP contribution in [0.4, 0.5) is 0 Å². The Hall–Kier alpha value is -2.79. The van der Waals surface area contributed by atoms with Gasteiger partial charge in [0.05, 0.1) is 0 Å². The van der Waals surface area contributed by atoms with Crippen molar-refractivity contribution in [2.45, 2.75) is 114 Å². The van der Waals surface area contributed by atoms with E-state index in [4.69, 9.17) is 10.2 Å². The van der Waals surface area contributed by atoms with Crippen molar-refractivity contribution in [1.29, 1.82) is 0 Å². The Morgan fingerprint density at radius 3 is 2.03 bits per heavy atom. The van der Waals surface area contributed by atoms with E-state index >= 15 is 0 Å². The van der Waals surface area contributed by atoms with E-state index in [1.165, 1.54) is 42.6 Å². The van der Waals surface area contributed by atoms with E-state index in [9.17, 15) is 5.11 Å². The van der Waals surface area contributed by atoms with Gasteiger partial charge in [-0.05, 0) is 65.6 Å². The van der Waals surface area contributed by atoms with E-state index in [-0.39, 0.29) is 10.8 Å². The molecule has 1 N–H and O–H groups in total. The summed E-state index contributed by atoms with van der Waals surface area (Å²) >= 11 is 1.71. The van der Waals surface area contributed by atoms with Gasteiger partial charge in [-0.15, -0.1) is 15.0 Å². The summed E-state index contributed by atoms with van der Waals surface area (Å²) in [6.45, 7) is 13.7. The molecule has 0 bridgehead atoms. The Bertz CT molecular complexity index is 1370. The van der Waals surface area contributed by atoms with Gasteiger partial charge in [-0.3, -0.25) is 0 Å². The predicted octanol–water partition coefficient (Wildman–Crippen LogP) is 9.99. The highest BCUT2D eigenvalue weighted by atomic mass is 32.2. The number of phenolic OH excluding ortho intramolecular Hbond substituents is 1. The number of rotatable bonds is 13. The SMILES string of the molecule is CCCCCC(C)(C)c1cc(-n2nc3ccc(Sc4ccccc4)cc3n2)c(O)c(C(C)(C)CCCCC)c1. The van der Waals surface area contributed by atoms with Crippen LogP contribution >= 0.6 is 11.8 Å². The Kier molecular flexibility index (Phi) is 9.43. The molecule has 4 rings (SSSR count). The molecule has 0 aliphatic carbocycles. The van der Waals surface area contributed by atoms with Crippen molar-refractivity contribution in [3.05, 3.63) is 71.8 Å². The Balaban J connectivity index is 1.77. The number of phenols is 1. The molecule has 0 aliphatic heterocycles. The van der Waals surface area contributed by atoms with Crippen LogP contribution in [0.25, 0.3) is 16.7 Å². The summed E-state index contributed by atoms with van der Waals surface area (Å²) in [4.78, 5) is 3.96. The summed E-state index contributed by atoms with van der Waals surface area (Å²) in [6.07, 6.45) is 9.31. The number of hydrogen-bond donors (Lipinski definition) is 1. The molecule has 0 aliphatic rings. The maximum Gasteiger partial charge on any atom is 0.146 e. The molecule has 5 heteroatoms. The van der Waals surface area contributed by atoms with Crippen molar-refractivity contribution in [2.24, 2.45) is 0 Å². The zero-order chi connectivity index (χ0) is 28.0. The van der Waals surface area contributed by atoms with Crippen LogP contribution in [0.5, 0.6) is 5.75 Å². The lowest BCUT2D eigenvalue weighted by Crippen LogP contribution is -2.23. The molecule has 0 spiro atoms. The van der Waals surface area contributed by atoms with E-state index in [0.717, 1.165) is 40.8 Å². The minimum Gasteiger partial charge on any atom is -0.505 e. The number of benzene rings is 3. The lowest BCUT2D eigenvalue weighted by atomic mass is 9.74. The van der Waals surface area contributed by atoms with E-state index in [2.05, 4.69) is 90.1 Å². The quantitative estimate of drug-likeness (QED) is 0.170. The maximum atomic E-state index is 11.7. The fraction of sp³-hybridized carbons (Fsp3) is 0.471. The van der Waals surface area contributed by atoms with Gasteiger partial charge in [0.25, 0.3) is 0 Å². The first-order valence-corrected chi connectivity index (χ1v) is 15.4. The molecule has 0 radical (unpaired) electrons. The largest absolute Gasteiger partial charge is 0.505 e. The molecule has 0 saturated heterocycles. The summed E-state index contributed by atoms with van der Waals surface area (Å²) in [5.41, 5.74) is 4.38. The molecule has 0 unspecified atom stereocenters. The number of hydrogen-bond acceptors (Lipinski definition) is 4. The van der Waals surface area contributed by atoms with E-state index in [1.807, 2.05) is 12.1 Å². The van der Waals surface area contributed by atoms with E-state index in [1.54, 1.807) is 16.6 Å². The van der Waals surface area contributed by atoms with Crippen LogP contribution in [0.2, 0.25) is 0 Å². The molecular formula is C34H45N3OS. The van der Waals surface area contributed by atoms with Gasteiger partial charge in [-0.2, -0.15) is 0 Å². The van der Waals surface area contributed by atoms with Crippen LogP contribution in [-0.4, -0.2) is 20.1 Å². The van der Waals surface area contributed by atoms with Crippen LogP contribution in [-0.2, 0) is 10.8 Å². The van der Waals surface area contributed by atoms with Gasteiger partial charge in [0.1, 0.15) is 22.5 Å². The molecule has 1 aromatic heterocycles. The fourth-order valence-corrected chi connectivity index (χ4v) is 6.15. The van der Waals surface area contributed by atoms with Crippen molar-refractivity contribution in [2.75, 3.05) is 0 Å². The number of aromatic hydroxyl groups is 1. The third-order valence-corrected chi connectivity index (χ3v) is 8.95. The second-order valence-electron chi connectivity index (χ2n) is 12.1. The highest BCUT2D eigenvalue weighted by molar-refractivity contribution is 7.99. The van der Waals surface area contributed by atoms with Gasteiger partial charge >= 0.3 is 0 Å². The van der Waals surface area contributed by atoms with Crippen molar-refractivity contribution in [1.82, 2.24) is 15.0 Å². The molecule has 3 aromatic carbocycles. The first kappa shape index (κ1) is 29.2. The van der Waals surface area contributed by atoms with Crippen molar-refractivity contribution >= 4 is 22.8 Å². The number of nitrogens with zero attached hydrogens (tertiary/aromatic N) is 3. The molecule has 0 saturated carbocycles. The highest BCUT2D eigenvalue weighted by Crippen LogP contribution is 2.43. The smallest absolute Gasteiger partial charge is 0.146 e. The van der Waals surface area contributed by atoms with Gasteiger partial charge in [0, 0.05) is 15.4 Å². The maximum absolute atomic E-state index is 11.7. The minimum atomic E-state index is -0.157. The standard InChI is InChI=1S/C34H45N3OS/c1-7-9-14-20-33(3,4)25-22-28(34(5,6)21-15-10-8-2)32(38)31(23-25)37-35-29-19-18-27(24-30(29)36-37)39-26-16-12-11-13-17-26/h11-13,16-19,22-24,38H,7-10,14-15,20-21H2,1-6H3. The Morgan fingerprint density at radius 1 is 0.718 bits per heavy atom. The van der Waals surface area contributed by atoms with Crippen molar-refractivity contribution < 1.29 is 5.11 Å². The van der Waals surface area contributed by atoms with Gasteiger partial charge in [0.2, 0.25) is 0 Å². The lowest BCUT2D eigenvalue weighted by Gasteiger charge is -2.32. The molecular weight excluding hydrogens is 498 g/mol. The summed E-state index contributed by atoms with van der Waals surface area (Å²) in [7, 11) is 0. The molecule has 0 atom stereocenters. The first-order valence-electron chi connectivity index (χ1n) is 14.6. The van der Waals surface area contributed by atoms with Crippen LogP contribution in [0, 0.1) is 0 Å². The van der Waals surface area contributed by atoms with Crippen molar-refractivity contribution in [3.63, 3.8) is 0 Å². The molecule has 4 aromatic rings. The number of unbranched alkanes of at least 4 members (excludes halogenated alkanes) is 4. The normalized spacial score (nSPS) is 12.4. The summed E-state index contributed by atoms with van der Waals surface area (Å²) < 4.78 is 0.